The fraction of sp³-hybridized carbons (Fsp3) is 0.200. The van der Waals surface area contributed by atoms with Crippen LogP contribution in [0, 0.1) is 0 Å². The smallest absolute Gasteiger partial charge is 0.322 e. The van der Waals surface area contributed by atoms with Crippen LogP contribution in [0.3, 0.4) is 0 Å². The van der Waals surface area contributed by atoms with Crippen molar-refractivity contribution < 1.29 is 14.4 Å². The molecule has 210 valence electrons. The number of aromatic nitrogens is 2. The molecule has 41 heavy (non-hydrogen) atoms. The summed E-state index contributed by atoms with van der Waals surface area (Å²) in [6.07, 6.45) is 2.01. The van der Waals surface area contributed by atoms with Crippen molar-refractivity contribution in [1.82, 2.24) is 25.1 Å². The molecule has 1 aliphatic heterocycles. The molecule has 4 aromatic rings. The zero-order chi connectivity index (χ0) is 28.8. The van der Waals surface area contributed by atoms with E-state index in [1.807, 2.05) is 71.3 Å². The van der Waals surface area contributed by atoms with Crippen molar-refractivity contribution in [2.45, 2.75) is 38.6 Å². The zero-order valence-electron chi connectivity index (χ0n) is 22.2. The van der Waals surface area contributed by atoms with Gasteiger partial charge in [-0.05, 0) is 34.9 Å². The van der Waals surface area contributed by atoms with E-state index in [1.54, 1.807) is 23.4 Å². The highest BCUT2D eigenvalue weighted by Gasteiger charge is 2.37. The Morgan fingerprint density at radius 1 is 0.902 bits per heavy atom. The molecule has 2 heterocycles. The Bertz CT molecular complexity index is 1540. The number of hydrogen-bond acceptors (Lipinski definition) is 4. The summed E-state index contributed by atoms with van der Waals surface area (Å²) in [6, 6.07) is 22.5. The first kappa shape index (κ1) is 27.7. The molecule has 0 saturated heterocycles. The molecule has 5 N–H and O–H groups in total. The number of nitrogens with zero attached hydrogens (tertiary/aromatic N) is 3. The van der Waals surface area contributed by atoms with E-state index >= 15 is 0 Å². The number of carbonyl (C=O) groups excluding carboxylic acids is 3. The predicted octanol–water partition coefficient (Wildman–Crippen LogP) is 4.03. The maximum atomic E-state index is 13.5. The third kappa shape index (κ3) is 6.85. The quantitative estimate of drug-likeness (QED) is 0.254. The van der Waals surface area contributed by atoms with Gasteiger partial charge in [0.1, 0.15) is 6.04 Å². The molecule has 1 aliphatic rings. The van der Waals surface area contributed by atoms with E-state index in [0.717, 1.165) is 28.1 Å². The Morgan fingerprint density at radius 2 is 1.56 bits per heavy atom. The molecule has 0 spiro atoms. The number of carbonyl (C=O) groups is 3. The lowest BCUT2D eigenvalue weighted by Gasteiger charge is -2.35. The van der Waals surface area contributed by atoms with Gasteiger partial charge in [0.2, 0.25) is 5.91 Å². The highest BCUT2D eigenvalue weighted by atomic mass is 35.5. The summed E-state index contributed by atoms with van der Waals surface area (Å²) in [7, 11) is 0. The number of urea groups is 2. The van der Waals surface area contributed by atoms with Crippen LogP contribution in [0.15, 0.2) is 85.2 Å². The van der Waals surface area contributed by atoms with Gasteiger partial charge < -0.3 is 31.2 Å². The van der Waals surface area contributed by atoms with Gasteiger partial charge in [-0.3, -0.25) is 4.79 Å². The van der Waals surface area contributed by atoms with Crippen molar-refractivity contribution in [1.29, 1.82) is 0 Å². The van der Waals surface area contributed by atoms with E-state index in [0.29, 0.717) is 23.8 Å². The van der Waals surface area contributed by atoms with Crippen molar-refractivity contribution in [2.24, 2.45) is 5.73 Å². The van der Waals surface area contributed by atoms with E-state index in [9.17, 15) is 14.4 Å². The van der Waals surface area contributed by atoms with Gasteiger partial charge in [0, 0.05) is 30.2 Å². The standard InChI is InChI=1S/C30H30ClN7O3/c31-24-9-5-4-6-22(24)17-37-19-35-25-14-26(38(18-27(25)37)30(41)36-23-7-2-1-3-8-23)28(39)33-15-20-10-12-21(13-11-20)16-34-29(32)40/h1-13,19,26H,14-18H2,(H,33,39)(H,36,41)(H3,32,34,40). The molecule has 0 radical (unpaired) electrons. The first-order chi connectivity index (χ1) is 19.9. The predicted molar refractivity (Wildman–Crippen MR) is 156 cm³/mol. The number of para-hydroxylation sites is 1. The van der Waals surface area contributed by atoms with E-state index in [4.69, 9.17) is 17.3 Å². The summed E-state index contributed by atoms with van der Waals surface area (Å²) in [4.78, 5) is 44.1. The number of primary amides is 1. The van der Waals surface area contributed by atoms with Crippen LogP contribution in [-0.2, 0) is 37.4 Å². The molecule has 1 unspecified atom stereocenters. The number of anilines is 1. The van der Waals surface area contributed by atoms with Gasteiger partial charge in [0.25, 0.3) is 0 Å². The van der Waals surface area contributed by atoms with Crippen molar-refractivity contribution in [3.05, 3.63) is 118 Å². The van der Waals surface area contributed by atoms with E-state index in [2.05, 4.69) is 20.9 Å². The van der Waals surface area contributed by atoms with Crippen molar-refractivity contribution in [3.8, 4) is 0 Å². The molecule has 0 saturated carbocycles. The van der Waals surface area contributed by atoms with Crippen molar-refractivity contribution in [3.63, 3.8) is 0 Å². The van der Waals surface area contributed by atoms with Crippen molar-refractivity contribution >= 4 is 35.3 Å². The molecule has 0 aliphatic carbocycles. The molecule has 10 nitrogen and oxygen atoms in total. The molecule has 1 aromatic heterocycles. The number of rotatable bonds is 8. The fourth-order valence-electron chi connectivity index (χ4n) is 4.75. The minimum atomic E-state index is -0.756. The Labute approximate surface area is 242 Å². The van der Waals surface area contributed by atoms with Crippen LogP contribution < -0.4 is 21.7 Å². The third-order valence-corrected chi connectivity index (χ3v) is 7.33. The Morgan fingerprint density at radius 3 is 2.24 bits per heavy atom. The molecule has 0 bridgehead atoms. The van der Waals surface area contributed by atoms with Gasteiger partial charge >= 0.3 is 12.1 Å². The SMILES string of the molecule is NC(=O)NCc1ccc(CNC(=O)C2Cc3ncn(Cc4ccccc4Cl)c3CN2C(=O)Nc2ccccc2)cc1. The summed E-state index contributed by atoms with van der Waals surface area (Å²) in [5.74, 6) is -0.279. The molecule has 5 amide bonds. The average molecular weight is 572 g/mol. The highest BCUT2D eigenvalue weighted by molar-refractivity contribution is 6.31. The summed E-state index contributed by atoms with van der Waals surface area (Å²) in [6.45, 7) is 1.30. The van der Waals surface area contributed by atoms with Crippen LogP contribution in [0.5, 0.6) is 0 Å². The van der Waals surface area contributed by atoms with Crippen LogP contribution in [0.4, 0.5) is 15.3 Å². The molecular formula is C30H30ClN7O3. The van der Waals surface area contributed by atoms with E-state index in [1.165, 1.54) is 0 Å². The van der Waals surface area contributed by atoms with Gasteiger partial charge in [-0.2, -0.15) is 0 Å². The molecule has 0 fully saturated rings. The minimum absolute atomic E-state index is 0.206. The number of nitrogens with one attached hydrogen (secondary N) is 3. The number of imidazole rings is 1. The number of nitrogens with two attached hydrogens (primary N) is 1. The topological polar surface area (TPSA) is 134 Å². The first-order valence-electron chi connectivity index (χ1n) is 13.1. The third-order valence-electron chi connectivity index (χ3n) is 6.96. The fourth-order valence-corrected chi connectivity index (χ4v) is 4.94. The van der Waals surface area contributed by atoms with Crippen LogP contribution >= 0.6 is 11.6 Å². The summed E-state index contributed by atoms with van der Waals surface area (Å²) in [5.41, 5.74) is 10.1. The Hall–Kier alpha value is -4.83. The van der Waals surface area contributed by atoms with Gasteiger partial charge in [0.05, 0.1) is 30.8 Å². The Balaban J connectivity index is 1.33. The van der Waals surface area contributed by atoms with Crippen LogP contribution in [-0.4, -0.2) is 38.5 Å². The van der Waals surface area contributed by atoms with E-state index in [-0.39, 0.29) is 31.4 Å². The number of halogens is 1. The lowest BCUT2D eigenvalue weighted by molar-refractivity contribution is -0.126. The molecular weight excluding hydrogens is 542 g/mol. The molecule has 5 rings (SSSR count). The van der Waals surface area contributed by atoms with Crippen LogP contribution in [0.25, 0.3) is 0 Å². The second-order valence-corrected chi connectivity index (χ2v) is 10.2. The summed E-state index contributed by atoms with van der Waals surface area (Å²) >= 11 is 6.40. The van der Waals surface area contributed by atoms with Gasteiger partial charge in [-0.15, -0.1) is 0 Å². The summed E-state index contributed by atoms with van der Waals surface area (Å²) in [5, 5.41) is 9.08. The van der Waals surface area contributed by atoms with Gasteiger partial charge in [-0.1, -0.05) is 72.3 Å². The normalized spacial score (nSPS) is 14.2. The second-order valence-electron chi connectivity index (χ2n) is 9.75. The first-order valence-corrected chi connectivity index (χ1v) is 13.5. The molecule has 3 aromatic carbocycles. The monoisotopic (exact) mass is 571 g/mol. The second kappa shape index (κ2) is 12.6. The number of amides is 5. The number of hydrogen-bond donors (Lipinski definition) is 4. The Kier molecular flexibility index (Phi) is 8.50. The van der Waals surface area contributed by atoms with Gasteiger partial charge in [-0.25, -0.2) is 14.6 Å². The lowest BCUT2D eigenvalue weighted by Crippen LogP contribution is -2.54. The molecule has 11 heteroatoms. The highest BCUT2D eigenvalue weighted by Crippen LogP contribution is 2.26. The van der Waals surface area contributed by atoms with Crippen molar-refractivity contribution in [2.75, 3.05) is 5.32 Å². The number of fused-ring (bicyclic) bond motifs is 1. The van der Waals surface area contributed by atoms with E-state index < -0.39 is 12.1 Å². The van der Waals surface area contributed by atoms with Gasteiger partial charge in [0.15, 0.2) is 0 Å². The van der Waals surface area contributed by atoms with Crippen LogP contribution in [0.2, 0.25) is 5.02 Å². The maximum absolute atomic E-state index is 13.5. The molecule has 1 atom stereocenters. The zero-order valence-corrected chi connectivity index (χ0v) is 23.0. The largest absolute Gasteiger partial charge is 0.352 e. The number of benzene rings is 3. The minimum Gasteiger partial charge on any atom is -0.352 e. The summed E-state index contributed by atoms with van der Waals surface area (Å²) < 4.78 is 1.97. The lowest BCUT2D eigenvalue weighted by atomic mass is 10.0. The van der Waals surface area contributed by atoms with Crippen LogP contribution in [0.1, 0.15) is 28.1 Å². The maximum Gasteiger partial charge on any atom is 0.322 e. The average Bonchev–Trinajstić information content (AvgIpc) is 3.37.